The molecule has 0 aliphatic carbocycles. The minimum Gasteiger partial charge on any atom is -0.337 e. The van der Waals surface area contributed by atoms with Gasteiger partial charge in [-0.1, -0.05) is 78.8 Å². The Morgan fingerprint density at radius 1 is 0.974 bits per heavy atom. The van der Waals surface area contributed by atoms with Gasteiger partial charge >= 0.3 is 0 Å². The van der Waals surface area contributed by atoms with E-state index in [-0.39, 0.29) is 23.8 Å². The zero-order valence-corrected chi connectivity index (χ0v) is 22.9. The Morgan fingerprint density at radius 2 is 1.58 bits per heavy atom. The molecular formula is C30H29ClFN3O2S. The first-order valence-corrected chi connectivity index (χ1v) is 13.8. The highest BCUT2D eigenvalue weighted by Crippen LogP contribution is 2.23. The molecule has 0 aliphatic heterocycles. The van der Waals surface area contributed by atoms with E-state index in [2.05, 4.69) is 4.98 Å². The molecule has 0 aliphatic rings. The summed E-state index contributed by atoms with van der Waals surface area (Å²) in [5.41, 5.74) is 4.25. The molecule has 0 bridgehead atoms. The van der Waals surface area contributed by atoms with Gasteiger partial charge in [0.05, 0.1) is 0 Å². The molecule has 4 aromatic rings. The first kappa shape index (κ1) is 27.6. The van der Waals surface area contributed by atoms with Crippen LogP contribution >= 0.6 is 23.4 Å². The molecular weight excluding hydrogens is 521 g/mol. The fourth-order valence-electron chi connectivity index (χ4n) is 4.01. The van der Waals surface area contributed by atoms with Crippen molar-refractivity contribution >= 4 is 29.3 Å². The molecule has 0 fully saturated rings. The SMILES string of the molecule is CCCN(Cc1ccc(-c2ccc(Cl)cc2)cc1)C(=O)Cn1cc(C)c(=O)nc1SCc1ccc(F)cc1. The van der Waals surface area contributed by atoms with E-state index in [0.29, 0.717) is 34.6 Å². The largest absolute Gasteiger partial charge is 0.337 e. The predicted molar refractivity (Wildman–Crippen MR) is 152 cm³/mol. The van der Waals surface area contributed by atoms with Gasteiger partial charge in [-0.05, 0) is 59.9 Å². The molecule has 4 rings (SSSR count). The van der Waals surface area contributed by atoms with Gasteiger partial charge in [-0.2, -0.15) is 4.98 Å². The molecule has 38 heavy (non-hydrogen) atoms. The Bertz CT molecular complexity index is 1440. The van der Waals surface area contributed by atoms with Crippen LogP contribution in [0.2, 0.25) is 5.02 Å². The van der Waals surface area contributed by atoms with Gasteiger partial charge in [0.25, 0.3) is 5.56 Å². The second-order valence-electron chi connectivity index (χ2n) is 9.07. The van der Waals surface area contributed by atoms with Gasteiger partial charge in [-0.25, -0.2) is 4.39 Å². The summed E-state index contributed by atoms with van der Waals surface area (Å²) < 4.78 is 15.0. The summed E-state index contributed by atoms with van der Waals surface area (Å²) >= 11 is 7.35. The van der Waals surface area contributed by atoms with E-state index in [1.807, 2.05) is 60.4 Å². The van der Waals surface area contributed by atoms with Crippen LogP contribution in [0.4, 0.5) is 4.39 Å². The first-order valence-electron chi connectivity index (χ1n) is 12.4. The number of thioether (sulfide) groups is 1. The molecule has 0 saturated heterocycles. The molecule has 0 atom stereocenters. The maximum Gasteiger partial charge on any atom is 0.276 e. The Morgan fingerprint density at radius 3 is 2.21 bits per heavy atom. The third-order valence-corrected chi connectivity index (χ3v) is 7.38. The third-order valence-electron chi connectivity index (χ3n) is 6.07. The van der Waals surface area contributed by atoms with Crippen LogP contribution in [0.1, 0.15) is 30.0 Å². The number of hydrogen-bond donors (Lipinski definition) is 0. The molecule has 0 unspecified atom stereocenters. The highest BCUT2D eigenvalue weighted by atomic mass is 35.5. The van der Waals surface area contributed by atoms with E-state index in [1.165, 1.54) is 23.9 Å². The van der Waals surface area contributed by atoms with Crippen molar-refractivity contribution in [2.24, 2.45) is 0 Å². The molecule has 0 saturated carbocycles. The van der Waals surface area contributed by atoms with Gasteiger partial charge < -0.3 is 9.47 Å². The van der Waals surface area contributed by atoms with Crippen molar-refractivity contribution < 1.29 is 9.18 Å². The fourth-order valence-corrected chi connectivity index (χ4v) is 5.06. The van der Waals surface area contributed by atoms with Gasteiger partial charge in [0.15, 0.2) is 5.16 Å². The van der Waals surface area contributed by atoms with Crippen LogP contribution in [0.3, 0.4) is 0 Å². The van der Waals surface area contributed by atoms with E-state index in [4.69, 9.17) is 11.6 Å². The predicted octanol–water partition coefficient (Wildman–Crippen LogP) is 6.74. The van der Waals surface area contributed by atoms with Crippen LogP contribution < -0.4 is 5.56 Å². The summed E-state index contributed by atoms with van der Waals surface area (Å²) in [6.45, 7) is 4.90. The van der Waals surface area contributed by atoms with Crippen LogP contribution in [-0.2, 0) is 23.6 Å². The van der Waals surface area contributed by atoms with E-state index < -0.39 is 0 Å². The zero-order valence-electron chi connectivity index (χ0n) is 21.4. The topological polar surface area (TPSA) is 55.2 Å². The lowest BCUT2D eigenvalue weighted by molar-refractivity contribution is -0.132. The zero-order chi connectivity index (χ0) is 27.1. The summed E-state index contributed by atoms with van der Waals surface area (Å²) in [6.07, 6.45) is 2.51. The van der Waals surface area contributed by atoms with Crippen LogP contribution in [0.25, 0.3) is 11.1 Å². The molecule has 0 N–H and O–H groups in total. The average molecular weight is 550 g/mol. The van der Waals surface area contributed by atoms with E-state index in [1.54, 1.807) is 29.8 Å². The van der Waals surface area contributed by atoms with E-state index in [9.17, 15) is 14.0 Å². The molecule has 196 valence electrons. The lowest BCUT2D eigenvalue weighted by Gasteiger charge is -2.24. The van der Waals surface area contributed by atoms with Crippen molar-refractivity contribution in [1.82, 2.24) is 14.5 Å². The third kappa shape index (κ3) is 7.33. The van der Waals surface area contributed by atoms with Crippen molar-refractivity contribution in [1.29, 1.82) is 0 Å². The number of nitrogens with zero attached hydrogens (tertiary/aromatic N) is 3. The second kappa shape index (κ2) is 12.9. The molecule has 0 radical (unpaired) electrons. The van der Waals surface area contributed by atoms with E-state index in [0.717, 1.165) is 28.7 Å². The number of halogens is 2. The standard InChI is InChI=1S/C30H29ClFN3O2S/c1-3-16-34(18-22-4-8-24(9-5-22)25-10-12-26(31)13-11-25)28(36)19-35-17-21(2)29(37)33-30(35)38-20-23-6-14-27(32)15-7-23/h4-15,17H,3,16,18-20H2,1-2H3. The lowest BCUT2D eigenvalue weighted by Crippen LogP contribution is -2.35. The number of carbonyl (C=O) groups is 1. The summed E-state index contributed by atoms with van der Waals surface area (Å²) in [4.78, 5) is 31.7. The number of hydrogen-bond acceptors (Lipinski definition) is 4. The maximum absolute atomic E-state index is 13.4. The van der Waals surface area contributed by atoms with Crippen molar-refractivity contribution in [3.05, 3.63) is 117 Å². The quantitative estimate of drug-likeness (QED) is 0.162. The molecule has 0 spiro atoms. The van der Waals surface area contributed by atoms with Crippen LogP contribution in [0, 0.1) is 12.7 Å². The number of benzene rings is 3. The van der Waals surface area contributed by atoms with Gasteiger partial charge in [-0.3, -0.25) is 9.59 Å². The van der Waals surface area contributed by atoms with Gasteiger partial charge in [-0.15, -0.1) is 0 Å². The van der Waals surface area contributed by atoms with Crippen molar-refractivity contribution in [2.75, 3.05) is 6.54 Å². The Balaban J connectivity index is 1.48. The molecule has 8 heteroatoms. The number of rotatable bonds is 10. The Hall–Kier alpha value is -3.42. The van der Waals surface area contributed by atoms with Crippen molar-refractivity contribution in [2.45, 2.75) is 44.3 Å². The van der Waals surface area contributed by atoms with Crippen LogP contribution in [0.15, 0.2) is 88.9 Å². The smallest absolute Gasteiger partial charge is 0.276 e. The Labute approximate surface area is 231 Å². The van der Waals surface area contributed by atoms with Gasteiger partial charge in [0.2, 0.25) is 5.91 Å². The van der Waals surface area contributed by atoms with Gasteiger partial charge in [0, 0.05) is 35.6 Å². The summed E-state index contributed by atoms with van der Waals surface area (Å²) in [6, 6.07) is 22.1. The number of aromatic nitrogens is 2. The maximum atomic E-state index is 13.4. The average Bonchev–Trinajstić information content (AvgIpc) is 2.91. The van der Waals surface area contributed by atoms with E-state index >= 15 is 0 Å². The lowest BCUT2D eigenvalue weighted by atomic mass is 10.0. The normalized spacial score (nSPS) is 10.9. The highest BCUT2D eigenvalue weighted by molar-refractivity contribution is 7.98. The molecule has 3 aromatic carbocycles. The number of amides is 1. The van der Waals surface area contributed by atoms with Crippen LogP contribution in [0.5, 0.6) is 0 Å². The van der Waals surface area contributed by atoms with Crippen LogP contribution in [-0.4, -0.2) is 26.9 Å². The number of carbonyl (C=O) groups excluding carboxylic acids is 1. The fraction of sp³-hybridized carbons (Fsp3) is 0.233. The Kier molecular flexibility index (Phi) is 9.37. The summed E-state index contributed by atoms with van der Waals surface area (Å²) in [5, 5.41) is 1.16. The van der Waals surface area contributed by atoms with Crippen molar-refractivity contribution in [3.63, 3.8) is 0 Å². The monoisotopic (exact) mass is 549 g/mol. The van der Waals surface area contributed by atoms with Gasteiger partial charge in [0.1, 0.15) is 12.4 Å². The first-order chi connectivity index (χ1) is 18.3. The molecule has 1 aromatic heterocycles. The molecule has 1 heterocycles. The minimum absolute atomic E-state index is 0.0536. The number of aryl methyl sites for hydroxylation is 1. The highest BCUT2D eigenvalue weighted by Gasteiger charge is 2.17. The summed E-state index contributed by atoms with van der Waals surface area (Å²) in [7, 11) is 0. The minimum atomic E-state index is -0.318. The van der Waals surface area contributed by atoms with Crippen molar-refractivity contribution in [3.8, 4) is 11.1 Å². The summed E-state index contributed by atoms with van der Waals surface area (Å²) in [5.74, 6) is 0.148. The second-order valence-corrected chi connectivity index (χ2v) is 10.5. The molecule has 5 nitrogen and oxygen atoms in total. The molecule has 1 amide bonds.